The molecule has 1 aliphatic rings. The van der Waals surface area contributed by atoms with Crippen LogP contribution in [0.5, 0.6) is 5.75 Å². The van der Waals surface area contributed by atoms with Crippen LogP contribution in [0.1, 0.15) is 48.9 Å². The first-order chi connectivity index (χ1) is 16.9. The van der Waals surface area contributed by atoms with Crippen molar-refractivity contribution >= 4 is 40.4 Å². The van der Waals surface area contributed by atoms with Crippen molar-refractivity contribution in [2.75, 3.05) is 26.5 Å². The Bertz CT molecular complexity index is 1020. The van der Waals surface area contributed by atoms with Gasteiger partial charge in [0.15, 0.2) is 0 Å². The van der Waals surface area contributed by atoms with E-state index in [0.717, 1.165) is 22.2 Å². The fourth-order valence-corrected chi connectivity index (χ4v) is 4.68. The van der Waals surface area contributed by atoms with Crippen molar-refractivity contribution in [1.82, 2.24) is 10.6 Å². The largest absolute Gasteiger partial charge is 0.495 e. The van der Waals surface area contributed by atoms with Crippen molar-refractivity contribution in [2.24, 2.45) is 0 Å². The van der Waals surface area contributed by atoms with E-state index in [1.807, 2.05) is 30.5 Å². The Morgan fingerprint density at radius 3 is 2.14 bits per heavy atom. The SMILES string of the molecule is COc1c(C(=O)NCCNC2CCCCCC2)cc(SC)c2ccccc12.O=C(O)/C=C\C(=O)O. The van der Waals surface area contributed by atoms with E-state index in [0.29, 0.717) is 36.1 Å². The van der Waals surface area contributed by atoms with E-state index in [4.69, 9.17) is 14.9 Å². The van der Waals surface area contributed by atoms with Gasteiger partial charge < -0.3 is 25.6 Å². The summed E-state index contributed by atoms with van der Waals surface area (Å²) >= 11 is 1.65. The summed E-state index contributed by atoms with van der Waals surface area (Å²) < 4.78 is 5.61. The second-order valence-corrected chi connectivity index (χ2v) is 8.96. The van der Waals surface area contributed by atoms with Gasteiger partial charge in [0.05, 0.1) is 12.7 Å². The Labute approximate surface area is 210 Å². The minimum atomic E-state index is -1.26. The number of carbonyl (C=O) groups excluding carboxylic acids is 1. The van der Waals surface area contributed by atoms with Crippen LogP contribution in [-0.2, 0) is 9.59 Å². The summed E-state index contributed by atoms with van der Waals surface area (Å²) in [5.74, 6) is -1.94. The third kappa shape index (κ3) is 9.26. The molecule has 0 aliphatic heterocycles. The second kappa shape index (κ2) is 15.1. The molecule has 0 aromatic heterocycles. The van der Waals surface area contributed by atoms with E-state index in [1.54, 1.807) is 18.9 Å². The molecule has 1 saturated carbocycles. The van der Waals surface area contributed by atoms with Crippen LogP contribution in [0.4, 0.5) is 0 Å². The molecule has 1 amide bonds. The summed E-state index contributed by atoms with van der Waals surface area (Å²) in [6, 6.07) is 10.6. The van der Waals surface area contributed by atoms with Crippen LogP contribution < -0.4 is 15.4 Å². The van der Waals surface area contributed by atoms with Gasteiger partial charge in [0, 0.05) is 41.6 Å². The molecule has 0 heterocycles. The molecular formula is C26H34N2O6S. The number of methoxy groups -OCH3 is 1. The predicted octanol–water partition coefficient (Wildman–Crippen LogP) is 4.32. The van der Waals surface area contributed by atoms with Crippen LogP contribution in [0, 0.1) is 0 Å². The predicted molar refractivity (Wildman–Crippen MR) is 139 cm³/mol. The third-order valence-electron chi connectivity index (χ3n) is 5.69. The number of hydrogen-bond donors (Lipinski definition) is 4. The lowest BCUT2D eigenvalue weighted by Gasteiger charge is -2.17. The summed E-state index contributed by atoms with van der Waals surface area (Å²) in [4.78, 5) is 33.0. The highest BCUT2D eigenvalue weighted by Gasteiger charge is 2.18. The van der Waals surface area contributed by atoms with Gasteiger partial charge >= 0.3 is 11.9 Å². The minimum absolute atomic E-state index is 0.0735. The van der Waals surface area contributed by atoms with E-state index in [9.17, 15) is 14.4 Å². The summed E-state index contributed by atoms with van der Waals surface area (Å²) in [7, 11) is 1.63. The van der Waals surface area contributed by atoms with Gasteiger partial charge in [-0.15, -0.1) is 11.8 Å². The van der Waals surface area contributed by atoms with Gasteiger partial charge in [-0.3, -0.25) is 4.79 Å². The Balaban J connectivity index is 0.000000466. The maximum Gasteiger partial charge on any atom is 0.328 e. The summed E-state index contributed by atoms with van der Waals surface area (Å²) in [6.45, 7) is 1.43. The number of thioether (sulfide) groups is 1. The van der Waals surface area contributed by atoms with E-state index in [-0.39, 0.29) is 5.91 Å². The number of aliphatic carboxylic acids is 2. The van der Waals surface area contributed by atoms with Crippen molar-refractivity contribution in [3.05, 3.63) is 48.0 Å². The monoisotopic (exact) mass is 502 g/mol. The molecule has 4 N–H and O–H groups in total. The molecule has 8 nitrogen and oxygen atoms in total. The lowest BCUT2D eigenvalue weighted by atomic mass is 10.0. The summed E-state index contributed by atoms with van der Waals surface area (Å²) in [6.07, 6.45) is 11.0. The molecule has 1 fully saturated rings. The molecule has 0 atom stereocenters. The van der Waals surface area contributed by atoms with Crippen LogP contribution in [0.25, 0.3) is 10.8 Å². The highest BCUT2D eigenvalue weighted by Crippen LogP contribution is 2.36. The molecule has 0 radical (unpaired) electrons. The zero-order valence-corrected chi connectivity index (χ0v) is 21.0. The molecule has 2 aromatic rings. The van der Waals surface area contributed by atoms with Crippen molar-refractivity contribution in [1.29, 1.82) is 0 Å². The molecule has 3 rings (SSSR count). The first kappa shape index (κ1) is 28.2. The van der Waals surface area contributed by atoms with Gasteiger partial charge in [-0.25, -0.2) is 9.59 Å². The fourth-order valence-electron chi connectivity index (χ4n) is 4.05. The number of rotatable bonds is 9. The normalized spacial score (nSPS) is 14.1. The van der Waals surface area contributed by atoms with Crippen LogP contribution in [-0.4, -0.2) is 60.6 Å². The molecule has 0 unspecified atom stereocenters. The second-order valence-electron chi connectivity index (χ2n) is 8.11. The first-order valence-electron chi connectivity index (χ1n) is 11.7. The number of carboxylic acid groups (broad SMARTS) is 2. The molecule has 1 aliphatic carbocycles. The standard InChI is InChI=1S/C22H30N2O2S.C4H4O4/c1-26-21-18-12-8-7-11-17(18)20(27-2)15-19(21)22(25)24-14-13-23-16-9-5-3-4-6-10-16;5-3(6)1-2-4(7)8/h7-8,11-12,15-16,23H,3-6,9-10,13-14H2,1-2H3,(H,24,25);1-2H,(H,5,6)(H,7,8)/b;2-1-. The van der Waals surface area contributed by atoms with Crippen molar-refractivity contribution in [3.8, 4) is 5.75 Å². The fraction of sp³-hybridized carbons (Fsp3) is 0.423. The topological polar surface area (TPSA) is 125 Å². The van der Waals surface area contributed by atoms with Crippen LogP contribution in [0.2, 0.25) is 0 Å². The smallest absolute Gasteiger partial charge is 0.328 e. The molecular weight excluding hydrogens is 468 g/mol. The number of ether oxygens (including phenoxy) is 1. The molecule has 35 heavy (non-hydrogen) atoms. The van der Waals surface area contributed by atoms with Crippen molar-refractivity contribution in [2.45, 2.75) is 49.5 Å². The molecule has 9 heteroatoms. The van der Waals surface area contributed by atoms with Crippen LogP contribution in [0.15, 0.2) is 47.4 Å². The Hall–Kier alpha value is -3.04. The molecule has 2 aromatic carbocycles. The highest BCUT2D eigenvalue weighted by molar-refractivity contribution is 7.98. The average Bonchev–Trinajstić information content (AvgIpc) is 3.13. The average molecular weight is 503 g/mol. The Morgan fingerprint density at radius 1 is 1.00 bits per heavy atom. The third-order valence-corrected chi connectivity index (χ3v) is 6.47. The molecule has 0 saturated heterocycles. The Kier molecular flexibility index (Phi) is 12.1. The van der Waals surface area contributed by atoms with E-state index < -0.39 is 11.9 Å². The summed E-state index contributed by atoms with van der Waals surface area (Å²) in [5, 5.41) is 24.4. The van der Waals surface area contributed by atoms with Gasteiger partial charge in [-0.05, 0) is 30.6 Å². The van der Waals surface area contributed by atoms with Crippen LogP contribution in [0.3, 0.4) is 0 Å². The maximum atomic E-state index is 12.8. The molecule has 190 valence electrons. The van der Waals surface area contributed by atoms with E-state index >= 15 is 0 Å². The van der Waals surface area contributed by atoms with E-state index in [1.165, 1.54) is 38.5 Å². The van der Waals surface area contributed by atoms with Gasteiger partial charge in [0.2, 0.25) is 0 Å². The molecule has 0 bridgehead atoms. The van der Waals surface area contributed by atoms with Crippen molar-refractivity contribution in [3.63, 3.8) is 0 Å². The number of benzene rings is 2. The Morgan fingerprint density at radius 2 is 1.60 bits per heavy atom. The zero-order valence-electron chi connectivity index (χ0n) is 20.2. The quantitative estimate of drug-likeness (QED) is 0.173. The minimum Gasteiger partial charge on any atom is -0.495 e. The first-order valence-corrected chi connectivity index (χ1v) is 12.9. The number of amides is 1. The number of carbonyl (C=O) groups is 3. The van der Waals surface area contributed by atoms with Gasteiger partial charge in [-0.2, -0.15) is 0 Å². The number of fused-ring (bicyclic) bond motifs is 1. The lowest BCUT2D eigenvalue weighted by Crippen LogP contribution is -2.37. The number of carboxylic acids is 2. The lowest BCUT2D eigenvalue weighted by molar-refractivity contribution is -0.134. The molecule has 0 spiro atoms. The van der Waals surface area contributed by atoms with Gasteiger partial charge in [0.25, 0.3) is 5.91 Å². The maximum absolute atomic E-state index is 12.8. The van der Waals surface area contributed by atoms with E-state index in [2.05, 4.69) is 16.7 Å². The van der Waals surface area contributed by atoms with Crippen LogP contribution >= 0.6 is 11.8 Å². The number of hydrogen-bond acceptors (Lipinski definition) is 6. The van der Waals surface area contributed by atoms with Crippen molar-refractivity contribution < 1.29 is 29.3 Å². The number of nitrogens with one attached hydrogen (secondary N) is 2. The highest BCUT2D eigenvalue weighted by atomic mass is 32.2. The van der Waals surface area contributed by atoms with Gasteiger partial charge in [-0.1, -0.05) is 49.9 Å². The zero-order chi connectivity index (χ0) is 25.6. The summed E-state index contributed by atoms with van der Waals surface area (Å²) in [5.41, 5.74) is 0.606. The van der Waals surface area contributed by atoms with Gasteiger partial charge in [0.1, 0.15) is 5.75 Å².